The summed E-state index contributed by atoms with van der Waals surface area (Å²) in [6.07, 6.45) is 0.408. The molecule has 0 aromatic heterocycles. The molecule has 1 rings (SSSR count). The number of rotatable bonds is 6. The first kappa shape index (κ1) is 14.2. The van der Waals surface area contributed by atoms with E-state index in [0.717, 1.165) is 6.54 Å². The summed E-state index contributed by atoms with van der Waals surface area (Å²) in [7, 11) is 0. The Morgan fingerprint density at radius 2 is 1.89 bits per heavy atom. The highest BCUT2D eigenvalue weighted by molar-refractivity contribution is 5.94. The standard InChI is InChI=1S/C13H19N3O2/c1-3-15-9(2)8-12(17)16-11-6-4-10(5-7-11)13(14)18/h4-7,9,15H,3,8H2,1-2H3,(H2,14,18)(H,16,17). The number of amides is 2. The van der Waals surface area contributed by atoms with Gasteiger partial charge in [0.2, 0.25) is 11.8 Å². The molecular formula is C13H19N3O2. The number of nitrogens with one attached hydrogen (secondary N) is 2. The van der Waals surface area contributed by atoms with Crippen molar-refractivity contribution in [1.82, 2.24) is 5.32 Å². The Balaban J connectivity index is 2.51. The predicted octanol–water partition coefficient (Wildman–Crippen LogP) is 1.11. The average Bonchev–Trinajstić information content (AvgIpc) is 2.29. The van der Waals surface area contributed by atoms with Crippen LogP contribution in [0, 0.1) is 0 Å². The predicted molar refractivity (Wildman–Crippen MR) is 71.3 cm³/mol. The minimum Gasteiger partial charge on any atom is -0.366 e. The Labute approximate surface area is 107 Å². The van der Waals surface area contributed by atoms with Gasteiger partial charge in [-0.05, 0) is 37.7 Å². The SMILES string of the molecule is CCNC(C)CC(=O)Nc1ccc(C(N)=O)cc1. The van der Waals surface area contributed by atoms with Crippen molar-refractivity contribution in [1.29, 1.82) is 0 Å². The molecule has 5 nitrogen and oxygen atoms in total. The lowest BCUT2D eigenvalue weighted by Crippen LogP contribution is -2.30. The number of carbonyl (C=O) groups excluding carboxylic acids is 2. The molecule has 0 aliphatic heterocycles. The molecular weight excluding hydrogens is 230 g/mol. The molecule has 5 heteroatoms. The van der Waals surface area contributed by atoms with Gasteiger partial charge in [0, 0.05) is 23.7 Å². The smallest absolute Gasteiger partial charge is 0.248 e. The number of hydrogen-bond acceptors (Lipinski definition) is 3. The molecule has 0 aliphatic rings. The highest BCUT2D eigenvalue weighted by Crippen LogP contribution is 2.09. The van der Waals surface area contributed by atoms with Crippen LogP contribution in [0.4, 0.5) is 5.69 Å². The van der Waals surface area contributed by atoms with Crippen LogP contribution in [0.2, 0.25) is 0 Å². The maximum Gasteiger partial charge on any atom is 0.248 e. The molecule has 1 unspecified atom stereocenters. The van der Waals surface area contributed by atoms with Crippen molar-refractivity contribution in [2.45, 2.75) is 26.3 Å². The van der Waals surface area contributed by atoms with Crippen molar-refractivity contribution in [2.24, 2.45) is 5.73 Å². The minimum absolute atomic E-state index is 0.0599. The van der Waals surface area contributed by atoms with Gasteiger partial charge in [0.15, 0.2) is 0 Å². The first-order chi connectivity index (χ1) is 8.52. The Morgan fingerprint density at radius 3 is 2.39 bits per heavy atom. The topological polar surface area (TPSA) is 84.2 Å². The third-order valence-electron chi connectivity index (χ3n) is 2.50. The monoisotopic (exact) mass is 249 g/mol. The van der Waals surface area contributed by atoms with E-state index in [1.54, 1.807) is 24.3 Å². The highest BCUT2D eigenvalue weighted by Gasteiger charge is 2.08. The molecule has 0 heterocycles. The van der Waals surface area contributed by atoms with Gasteiger partial charge in [-0.3, -0.25) is 9.59 Å². The maximum atomic E-state index is 11.7. The van der Waals surface area contributed by atoms with Gasteiger partial charge in [0.05, 0.1) is 0 Å². The van der Waals surface area contributed by atoms with Gasteiger partial charge in [0.25, 0.3) is 0 Å². The molecule has 2 amide bonds. The molecule has 18 heavy (non-hydrogen) atoms. The van der Waals surface area contributed by atoms with Crippen molar-refractivity contribution in [3.05, 3.63) is 29.8 Å². The highest BCUT2D eigenvalue weighted by atomic mass is 16.2. The van der Waals surface area contributed by atoms with Crippen molar-refractivity contribution < 1.29 is 9.59 Å². The third kappa shape index (κ3) is 4.55. The van der Waals surface area contributed by atoms with Crippen LogP contribution >= 0.6 is 0 Å². The van der Waals surface area contributed by atoms with Gasteiger partial charge < -0.3 is 16.4 Å². The number of nitrogens with two attached hydrogens (primary N) is 1. The van der Waals surface area contributed by atoms with Gasteiger partial charge in [-0.2, -0.15) is 0 Å². The van der Waals surface area contributed by atoms with E-state index in [1.165, 1.54) is 0 Å². The zero-order chi connectivity index (χ0) is 13.5. The van der Waals surface area contributed by atoms with E-state index in [1.807, 2.05) is 13.8 Å². The summed E-state index contributed by atoms with van der Waals surface area (Å²) in [6, 6.07) is 6.64. The molecule has 1 aromatic carbocycles. The Kier molecular flexibility index (Phi) is 5.32. The molecule has 0 spiro atoms. The second-order valence-corrected chi connectivity index (χ2v) is 4.15. The average molecular weight is 249 g/mol. The molecule has 0 fully saturated rings. The fourth-order valence-electron chi connectivity index (χ4n) is 1.63. The molecule has 0 saturated heterocycles. The number of anilines is 1. The largest absolute Gasteiger partial charge is 0.366 e. The Morgan fingerprint density at radius 1 is 1.28 bits per heavy atom. The Bertz CT molecular complexity index is 415. The zero-order valence-corrected chi connectivity index (χ0v) is 10.7. The van der Waals surface area contributed by atoms with Gasteiger partial charge in [-0.25, -0.2) is 0 Å². The summed E-state index contributed by atoms with van der Waals surface area (Å²) in [5, 5.41) is 5.93. The first-order valence-corrected chi connectivity index (χ1v) is 5.96. The molecule has 0 radical (unpaired) electrons. The summed E-state index contributed by atoms with van der Waals surface area (Å²) in [4.78, 5) is 22.6. The van der Waals surface area contributed by atoms with E-state index in [-0.39, 0.29) is 11.9 Å². The number of primary amides is 1. The van der Waals surface area contributed by atoms with Gasteiger partial charge in [-0.15, -0.1) is 0 Å². The number of benzene rings is 1. The van der Waals surface area contributed by atoms with E-state index in [4.69, 9.17) is 5.73 Å². The summed E-state index contributed by atoms with van der Waals surface area (Å²) < 4.78 is 0. The van der Waals surface area contributed by atoms with E-state index < -0.39 is 5.91 Å². The Hall–Kier alpha value is -1.88. The molecule has 1 aromatic rings. The van der Waals surface area contributed by atoms with E-state index in [2.05, 4.69) is 10.6 Å². The van der Waals surface area contributed by atoms with E-state index in [9.17, 15) is 9.59 Å². The van der Waals surface area contributed by atoms with Gasteiger partial charge >= 0.3 is 0 Å². The van der Waals surface area contributed by atoms with Crippen LogP contribution in [0.25, 0.3) is 0 Å². The lowest BCUT2D eigenvalue weighted by molar-refractivity contribution is -0.116. The molecule has 0 saturated carbocycles. The summed E-state index contributed by atoms with van der Waals surface area (Å²) >= 11 is 0. The molecule has 1 atom stereocenters. The van der Waals surface area contributed by atoms with Crippen LogP contribution in [0.15, 0.2) is 24.3 Å². The third-order valence-corrected chi connectivity index (χ3v) is 2.50. The zero-order valence-electron chi connectivity index (χ0n) is 10.7. The summed E-state index contributed by atoms with van der Waals surface area (Å²) in [5.74, 6) is -0.538. The fourth-order valence-corrected chi connectivity index (χ4v) is 1.63. The normalized spacial score (nSPS) is 11.9. The van der Waals surface area contributed by atoms with E-state index in [0.29, 0.717) is 17.7 Å². The van der Waals surface area contributed by atoms with Crippen LogP contribution in [0.3, 0.4) is 0 Å². The van der Waals surface area contributed by atoms with Crippen LogP contribution in [-0.2, 0) is 4.79 Å². The molecule has 0 aliphatic carbocycles. The lowest BCUT2D eigenvalue weighted by Gasteiger charge is -2.12. The lowest BCUT2D eigenvalue weighted by atomic mass is 10.2. The summed E-state index contributed by atoms with van der Waals surface area (Å²) in [6.45, 7) is 4.79. The van der Waals surface area contributed by atoms with Crippen molar-refractivity contribution in [3.8, 4) is 0 Å². The van der Waals surface area contributed by atoms with Crippen LogP contribution in [0.1, 0.15) is 30.6 Å². The van der Waals surface area contributed by atoms with Crippen molar-refractivity contribution in [2.75, 3.05) is 11.9 Å². The fraction of sp³-hybridized carbons (Fsp3) is 0.385. The van der Waals surface area contributed by atoms with Crippen LogP contribution < -0.4 is 16.4 Å². The quantitative estimate of drug-likeness (QED) is 0.706. The minimum atomic E-state index is -0.478. The molecule has 0 bridgehead atoms. The van der Waals surface area contributed by atoms with Crippen molar-refractivity contribution >= 4 is 17.5 Å². The second-order valence-electron chi connectivity index (χ2n) is 4.15. The van der Waals surface area contributed by atoms with E-state index >= 15 is 0 Å². The summed E-state index contributed by atoms with van der Waals surface area (Å²) in [5.41, 5.74) is 6.22. The molecule has 98 valence electrons. The van der Waals surface area contributed by atoms with Gasteiger partial charge in [0.1, 0.15) is 0 Å². The number of carbonyl (C=O) groups is 2. The van der Waals surface area contributed by atoms with Crippen LogP contribution in [0.5, 0.6) is 0 Å². The second kappa shape index (κ2) is 6.76. The maximum absolute atomic E-state index is 11.7. The number of hydrogen-bond donors (Lipinski definition) is 3. The van der Waals surface area contributed by atoms with Crippen LogP contribution in [-0.4, -0.2) is 24.4 Å². The van der Waals surface area contributed by atoms with Gasteiger partial charge in [-0.1, -0.05) is 6.92 Å². The van der Waals surface area contributed by atoms with Crippen molar-refractivity contribution in [3.63, 3.8) is 0 Å². The molecule has 4 N–H and O–H groups in total. The first-order valence-electron chi connectivity index (χ1n) is 5.96.